The van der Waals surface area contributed by atoms with Crippen LogP contribution in [0, 0.1) is 0 Å². The maximum absolute atomic E-state index is 6.26. The Kier molecular flexibility index (Phi) is 4.04. The van der Waals surface area contributed by atoms with Crippen LogP contribution < -0.4 is 5.32 Å². The molecule has 1 unspecified atom stereocenters. The first-order valence-corrected chi connectivity index (χ1v) is 8.14. The van der Waals surface area contributed by atoms with Crippen molar-refractivity contribution in [3.05, 3.63) is 62.6 Å². The van der Waals surface area contributed by atoms with E-state index in [1.807, 2.05) is 18.2 Å². The van der Waals surface area contributed by atoms with Crippen LogP contribution in [-0.2, 0) is 12.8 Å². The summed E-state index contributed by atoms with van der Waals surface area (Å²) >= 11 is 9.69. The van der Waals surface area contributed by atoms with Gasteiger partial charge in [-0.05, 0) is 61.1 Å². The van der Waals surface area contributed by atoms with Crippen LogP contribution in [0.15, 0.2) is 40.9 Å². The van der Waals surface area contributed by atoms with E-state index in [0.717, 1.165) is 15.2 Å². The lowest BCUT2D eigenvalue weighted by Crippen LogP contribution is -2.07. The highest BCUT2D eigenvalue weighted by molar-refractivity contribution is 9.10. The lowest BCUT2D eigenvalue weighted by molar-refractivity contribution is 0.879. The fraction of sp³-hybridized carbons (Fsp3) is 0.294. The molecule has 0 amide bonds. The second kappa shape index (κ2) is 5.79. The lowest BCUT2D eigenvalue weighted by Gasteiger charge is -2.18. The van der Waals surface area contributed by atoms with Gasteiger partial charge in [-0.25, -0.2) is 0 Å². The number of rotatable bonds is 3. The summed E-state index contributed by atoms with van der Waals surface area (Å²) in [6, 6.07) is 13.0. The molecule has 0 fully saturated rings. The van der Waals surface area contributed by atoms with Gasteiger partial charge in [-0.3, -0.25) is 0 Å². The summed E-state index contributed by atoms with van der Waals surface area (Å²) in [6.45, 7) is 2.18. The van der Waals surface area contributed by atoms with Crippen molar-refractivity contribution in [1.29, 1.82) is 0 Å². The topological polar surface area (TPSA) is 12.0 Å². The van der Waals surface area contributed by atoms with E-state index in [-0.39, 0.29) is 6.04 Å². The van der Waals surface area contributed by atoms with Crippen molar-refractivity contribution in [3.8, 4) is 0 Å². The molecule has 1 nitrogen and oxygen atoms in total. The quantitative estimate of drug-likeness (QED) is 0.741. The Morgan fingerprint density at radius 3 is 2.70 bits per heavy atom. The van der Waals surface area contributed by atoms with E-state index in [4.69, 9.17) is 11.6 Å². The maximum atomic E-state index is 6.26. The van der Waals surface area contributed by atoms with E-state index < -0.39 is 0 Å². The number of hydrogen-bond donors (Lipinski definition) is 1. The van der Waals surface area contributed by atoms with Gasteiger partial charge in [0.1, 0.15) is 0 Å². The molecule has 0 aromatic heterocycles. The first-order chi connectivity index (χ1) is 9.63. The largest absolute Gasteiger partial charge is 0.377 e. The van der Waals surface area contributed by atoms with Gasteiger partial charge in [0.2, 0.25) is 0 Å². The van der Waals surface area contributed by atoms with Crippen LogP contribution >= 0.6 is 27.5 Å². The van der Waals surface area contributed by atoms with Gasteiger partial charge < -0.3 is 5.32 Å². The molecule has 20 heavy (non-hydrogen) atoms. The van der Waals surface area contributed by atoms with Crippen LogP contribution in [0.4, 0.5) is 5.69 Å². The molecule has 0 heterocycles. The number of benzene rings is 2. The molecule has 3 heteroatoms. The molecule has 0 saturated carbocycles. The Balaban J connectivity index is 1.80. The van der Waals surface area contributed by atoms with Crippen LogP contribution in [0.25, 0.3) is 0 Å². The zero-order valence-electron chi connectivity index (χ0n) is 11.4. The van der Waals surface area contributed by atoms with Crippen molar-refractivity contribution >= 4 is 33.2 Å². The number of nitrogens with one attached hydrogen (secondary N) is 1. The third-order valence-electron chi connectivity index (χ3n) is 3.93. The standard InChI is InChI=1S/C17H17BrClN/c1-11(20-17-8-7-15(18)10-16(17)19)13-6-5-12-3-2-4-14(12)9-13/h5-11,20H,2-4H2,1H3. The van der Waals surface area contributed by atoms with Gasteiger partial charge in [-0.2, -0.15) is 0 Å². The van der Waals surface area contributed by atoms with Crippen molar-refractivity contribution in [1.82, 2.24) is 0 Å². The third kappa shape index (κ3) is 2.87. The summed E-state index contributed by atoms with van der Waals surface area (Å²) in [5.41, 5.74) is 5.33. The molecular weight excluding hydrogens is 334 g/mol. The number of anilines is 1. The van der Waals surface area contributed by atoms with Crippen LogP contribution in [-0.4, -0.2) is 0 Å². The molecule has 1 atom stereocenters. The van der Waals surface area contributed by atoms with Crippen LogP contribution in [0.3, 0.4) is 0 Å². The first-order valence-electron chi connectivity index (χ1n) is 6.97. The van der Waals surface area contributed by atoms with Crippen molar-refractivity contribution in [2.45, 2.75) is 32.2 Å². The second-order valence-corrected chi connectivity index (χ2v) is 6.69. The van der Waals surface area contributed by atoms with Crippen molar-refractivity contribution < 1.29 is 0 Å². The van der Waals surface area contributed by atoms with E-state index in [2.05, 4.69) is 46.4 Å². The fourth-order valence-corrected chi connectivity index (χ4v) is 3.51. The van der Waals surface area contributed by atoms with E-state index in [0.29, 0.717) is 0 Å². The molecule has 0 spiro atoms. The summed E-state index contributed by atoms with van der Waals surface area (Å²) < 4.78 is 0.998. The Morgan fingerprint density at radius 1 is 1.10 bits per heavy atom. The summed E-state index contributed by atoms with van der Waals surface area (Å²) in [5, 5.41) is 4.24. The third-order valence-corrected chi connectivity index (χ3v) is 4.73. The zero-order chi connectivity index (χ0) is 14.1. The molecule has 1 aliphatic carbocycles. The zero-order valence-corrected chi connectivity index (χ0v) is 13.8. The van der Waals surface area contributed by atoms with Crippen LogP contribution in [0.2, 0.25) is 5.02 Å². The van der Waals surface area contributed by atoms with Gasteiger partial charge >= 0.3 is 0 Å². The van der Waals surface area contributed by atoms with Gasteiger partial charge in [0, 0.05) is 10.5 Å². The minimum absolute atomic E-state index is 0.250. The highest BCUT2D eigenvalue weighted by Gasteiger charge is 2.14. The van der Waals surface area contributed by atoms with Gasteiger partial charge in [-0.15, -0.1) is 0 Å². The first kappa shape index (κ1) is 14.0. The van der Waals surface area contributed by atoms with Crippen molar-refractivity contribution in [2.24, 2.45) is 0 Å². The normalized spacial score (nSPS) is 14.9. The minimum atomic E-state index is 0.250. The Bertz CT molecular complexity index is 639. The molecule has 0 saturated heterocycles. The molecule has 0 bridgehead atoms. The highest BCUT2D eigenvalue weighted by atomic mass is 79.9. The molecule has 3 rings (SSSR count). The molecule has 2 aromatic rings. The summed E-state index contributed by atoms with van der Waals surface area (Å²) in [4.78, 5) is 0. The molecule has 2 aromatic carbocycles. The van der Waals surface area contributed by atoms with E-state index in [9.17, 15) is 0 Å². The lowest BCUT2D eigenvalue weighted by atomic mass is 10.0. The van der Waals surface area contributed by atoms with Crippen molar-refractivity contribution in [2.75, 3.05) is 5.32 Å². The van der Waals surface area contributed by atoms with Gasteiger partial charge in [-0.1, -0.05) is 45.7 Å². The SMILES string of the molecule is CC(Nc1ccc(Br)cc1Cl)c1ccc2c(c1)CCC2. The smallest absolute Gasteiger partial charge is 0.0648 e. The minimum Gasteiger partial charge on any atom is -0.377 e. The Hall–Kier alpha value is -0.990. The molecule has 1 N–H and O–H groups in total. The second-order valence-electron chi connectivity index (χ2n) is 5.37. The van der Waals surface area contributed by atoms with Crippen molar-refractivity contribution in [3.63, 3.8) is 0 Å². The number of aryl methyl sites for hydroxylation is 2. The average Bonchev–Trinajstić information content (AvgIpc) is 2.89. The highest BCUT2D eigenvalue weighted by Crippen LogP contribution is 2.30. The molecule has 1 aliphatic rings. The summed E-state index contributed by atoms with van der Waals surface area (Å²) in [5.74, 6) is 0. The predicted octanol–water partition coefficient (Wildman–Crippen LogP) is 5.76. The monoisotopic (exact) mass is 349 g/mol. The van der Waals surface area contributed by atoms with Crippen LogP contribution in [0.1, 0.15) is 36.1 Å². The van der Waals surface area contributed by atoms with Crippen LogP contribution in [0.5, 0.6) is 0 Å². The summed E-state index contributed by atoms with van der Waals surface area (Å²) in [6.07, 6.45) is 3.74. The number of fused-ring (bicyclic) bond motifs is 1. The van der Waals surface area contributed by atoms with E-state index in [1.165, 1.54) is 36.0 Å². The molecule has 0 aliphatic heterocycles. The molecule has 104 valence electrons. The molecular formula is C17H17BrClN. The average molecular weight is 351 g/mol. The van der Waals surface area contributed by atoms with Gasteiger partial charge in [0.15, 0.2) is 0 Å². The Labute approximate surface area is 133 Å². The Morgan fingerprint density at radius 2 is 1.90 bits per heavy atom. The fourth-order valence-electron chi connectivity index (χ4n) is 2.78. The maximum Gasteiger partial charge on any atom is 0.0648 e. The van der Waals surface area contributed by atoms with Gasteiger partial charge in [0.05, 0.1) is 10.7 Å². The number of halogens is 2. The van der Waals surface area contributed by atoms with Gasteiger partial charge in [0.25, 0.3) is 0 Å². The summed E-state index contributed by atoms with van der Waals surface area (Å²) in [7, 11) is 0. The van der Waals surface area contributed by atoms with E-state index in [1.54, 1.807) is 0 Å². The van der Waals surface area contributed by atoms with E-state index >= 15 is 0 Å². The predicted molar refractivity (Wildman–Crippen MR) is 89.7 cm³/mol. The number of hydrogen-bond acceptors (Lipinski definition) is 1. The molecule has 0 radical (unpaired) electrons.